The maximum atomic E-state index is 12.1. The Labute approximate surface area is 127 Å². The molecule has 1 fully saturated rings. The maximum absolute atomic E-state index is 12.1. The minimum Gasteiger partial charge on any atom is -0.368 e. The molecule has 0 unspecified atom stereocenters. The lowest BCUT2D eigenvalue weighted by molar-refractivity contribution is -0.130. The monoisotopic (exact) mass is 290 g/mol. The average molecular weight is 290 g/mol. The van der Waals surface area contributed by atoms with Crippen LogP contribution in [0.3, 0.4) is 0 Å². The van der Waals surface area contributed by atoms with E-state index in [9.17, 15) is 4.79 Å². The Morgan fingerprint density at radius 1 is 1.33 bits per heavy atom. The highest BCUT2D eigenvalue weighted by atomic mass is 16.5. The number of hydrogen-bond acceptors (Lipinski definition) is 3. The second-order valence-corrected chi connectivity index (χ2v) is 5.39. The van der Waals surface area contributed by atoms with Crippen molar-refractivity contribution in [1.82, 2.24) is 10.2 Å². The molecule has 0 radical (unpaired) electrons. The van der Waals surface area contributed by atoms with Gasteiger partial charge in [-0.05, 0) is 31.5 Å². The van der Waals surface area contributed by atoms with Crippen LogP contribution in [0.4, 0.5) is 0 Å². The summed E-state index contributed by atoms with van der Waals surface area (Å²) < 4.78 is 5.44. The zero-order valence-corrected chi connectivity index (χ0v) is 13.0. The van der Waals surface area contributed by atoms with Crippen LogP contribution in [0, 0.1) is 0 Å². The lowest BCUT2D eigenvalue weighted by atomic mass is 10.0. The Bertz CT molecular complexity index is 426. The number of rotatable bonds is 7. The predicted octanol–water partition coefficient (Wildman–Crippen LogP) is 2.36. The molecule has 1 aromatic rings. The maximum Gasteiger partial charge on any atom is 0.249 e. The van der Waals surface area contributed by atoms with Crippen molar-refractivity contribution >= 4 is 5.91 Å². The van der Waals surface area contributed by atoms with Crippen molar-refractivity contribution in [2.45, 2.75) is 38.8 Å². The van der Waals surface area contributed by atoms with Gasteiger partial charge in [0.2, 0.25) is 5.91 Å². The van der Waals surface area contributed by atoms with Gasteiger partial charge in [0, 0.05) is 13.2 Å². The Hall–Kier alpha value is -1.39. The molecular weight excluding hydrogens is 264 g/mol. The molecule has 0 saturated carbocycles. The molecule has 1 amide bonds. The predicted molar refractivity (Wildman–Crippen MR) is 84.1 cm³/mol. The summed E-state index contributed by atoms with van der Waals surface area (Å²) in [5.41, 5.74) is 1.24. The van der Waals surface area contributed by atoms with E-state index in [1.807, 2.05) is 18.2 Å². The largest absolute Gasteiger partial charge is 0.368 e. The van der Waals surface area contributed by atoms with Crippen LogP contribution in [0.5, 0.6) is 0 Å². The van der Waals surface area contributed by atoms with Crippen LogP contribution in [-0.2, 0) is 9.53 Å². The van der Waals surface area contributed by atoms with Crippen molar-refractivity contribution < 1.29 is 9.53 Å². The van der Waals surface area contributed by atoms with Crippen molar-refractivity contribution in [3.8, 4) is 0 Å². The summed E-state index contributed by atoms with van der Waals surface area (Å²) in [6.07, 6.45) is 1.57. The molecule has 116 valence electrons. The number of hydrogen-bond donors (Lipinski definition) is 1. The Morgan fingerprint density at radius 2 is 2.05 bits per heavy atom. The third kappa shape index (κ3) is 4.29. The second-order valence-electron chi connectivity index (χ2n) is 5.39. The van der Waals surface area contributed by atoms with Crippen LogP contribution < -0.4 is 5.32 Å². The molecule has 4 nitrogen and oxygen atoms in total. The number of carbonyl (C=O) groups excluding carboxylic acids is 1. The zero-order chi connectivity index (χ0) is 15.1. The van der Waals surface area contributed by atoms with E-state index in [0.29, 0.717) is 13.2 Å². The molecule has 1 saturated heterocycles. The van der Waals surface area contributed by atoms with Crippen molar-refractivity contribution in [3.05, 3.63) is 35.9 Å². The van der Waals surface area contributed by atoms with Crippen molar-refractivity contribution in [2.75, 3.05) is 26.2 Å². The molecule has 1 N–H and O–H groups in total. The number of benzene rings is 1. The highest BCUT2D eigenvalue weighted by molar-refractivity contribution is 5.81. The molecule has 1 heterocycles. The lowest BCUT2D eigenvalue weighted by Crippen LogP contribution is -2.41. The van der Waals surface area contributed by atoms with Crippen LogP contribution in [0.1, 0.15) is 38.3 Å². The summed E-state index contributed by atoms with van der Waals surface area (Å²) in [5.74, 6) is 0.0283. The fraction of sp³-hybridized carbons (Fsp3) is 0.588. The van der Waals surface area contributed by atoms with Gasteiger partial charge >= 0.3 is 0 Å². The Kier molecular flexibility index (Phi) is 6.21. The smallest absolute Gasteiger partial charge is 0.249 e. The molecule has 0 aliphatic carbocycles. The van der Waals surface area contributed by atoms with Crippen LogP contribution >= 0.6 is 0 Å². The molecule has 0 bridgehead atoms. The van der Waals surface area contributed by atoms with Gasteiger partial charge in [-0.3, -0.25) is 9.69 Å². The first-order valence-electron chi connectivity index (χ1n) is 7.94. The van der Waals surface area contributed by atoms with Gasteiger partial charge in [0.15, 0.2) is 0 Å². The number of ether oxygens (including phenoxy) is 1. The minimum absolute atomic E-state index is 0.0283. The van der Waals surface area contributed by atoms with E-state index in [4.69, 9.17) is 4.74 Å². The van der Waals surface area contributed by atoms with E-state index in [0.717, 1.165) is 25.9 Å². The number of nitrogens with one attached hydrogen (secondary N) is 1. The standard InChI is InChI=1S/C17H26N2O2/c1-3-19(4-2)15(14-9-6-5-7-10-14)13-18-17(20)16-11-8-12-21-16/h5-7,9-10,15-16H,3-4,8,11-13H2,1-2H3,(H,18,20)/t15-,16+/m1/s1. The molecule has 1 aliphatic rings. The zero-order valence-electron chi connectivity index (χ0n) is 13.0. The van der Waals surface area contributed by atoms with Gasteiger partial charge < -0.3 is 10.1 Å². The molecule has 1 aliphatic heterocycles. The molecule has 2 rings (SSSR count). The number of amides is 1. The van der Waals surface area contributed by atoms with E-state index in [1.54, 1.807) is 0 Å². The highest BCUT2D eigenvalue weighted by Crippen LogP contribution is 2.20. The SMILES string of the molecule is CCN(CC)[C@H](CNC(=O)[C@@H]1CCCO1)c1ccccc1. The van der Waals surface area contributed by atoms with Crippen molar-refractivity contribution in [2.24, 2.45) is 0 Å². The molecule has 21 heavy (non-hydrogen) atoms. The number of carbonyl (C=O) groups is 1. The average Bonchev–Trinajstić information content (AvgIpc) is 3.06. The highest BCUT2D eigenvalue weighted by Gasteiger charge is 2.25. The summed E-state index contributed by atoms with van der Waals surface area (Å²) in [4.78, 5) is 14.5. The van der Waals surface area contributed by atoms with Crippen molar-refractivity contribution in [3.63, 3.8) is 0 Å². The first-order chi connectivity index (χ1) is 10.3. The van der Waals surface area contributed by atoms with E-state index in [2.05, 4.69) is 36.2 Å². The van der Waals surface area contributed by atoms with Gasteiger partial charge in [-0.15, -0.1) is 0 Å². The second kappa shape index (κ2) is 8.15. The summed E-state index contributed by atoms with van der Waals surface area (Å²) in [7, 11) is 0. The van der Waals surface area contributed by atoms with Gasteiger partial charge in [-0.2, -0.15) is 0 Å². The molecule has 1 aromatic carbocycles. The van der Waals surface area contributed by atoms with Gasteiger partial charge in [0.25, 0.3) is 0 Å². The Balaban J connectivity index is 2.00. The van der Waals surface area contributed by atoms with Crippen LogP contribution in [0.15, 0.2) is 30.3 Å². The van der Waals surface area contributed by atoms with Crippen LogP contribution in [-0.4, -0.2) is 43.2 Å². The summed E-state index contributed by atoms with van der Waals surface area (Å²) in [6.45, 7) is 7.57. The first kappa shape index (κ1) is 16.0. The fourth-order valence-electron chi connectivity index (χ4n) is 2.89. The van der Waals surface area contributed by atoms with E-state index >= 15 is 0 Å². The van der Waals surface area contributed by atoms with Gasteiger partial charge in [-0.1, -0.05) is 44.2 Å². The summed E-state index contributed by atoms with van der Waals surface area (Å²) in [6, 6.07) is 10.6. The van der Waals surface area contributed by atoms with Crippen LogP contribution in [0.25, 0.3) is 0 Å². The van der Waals surface area contributed by atoms with Crippen molar-refractivity contribution in [1.29, 1.82) is 0 Å². The Morgan fingerprint density at radius 3 is 2.62 bits per heavy atom. The minimum atomic E-state index is -0.252. The topological polar surface area (TPSA) is 41.6 Å². The molecule has 0 spiro atoms. The quantitative estimate of drug-likeness (QED) is 0.838. The third-order valence-electron chi connectivity index (χ3n) is 4.13. The normalized spacial score (nSPS) is 19.7. The summed E-state index contributed by atoms with van der Waals surface area (Å²) >= 11 is 0. The van der Waals surface area contributed by atoms with E-state index in [-0.39, 0.29) is 18.1 Å². The van der Waals surface area contributed by atoms with E-state index in [1.165, 1.54) is 5.56 Å². The van der Waals surface area contributed by atoms with E-state index < -0.39 is 0 Å². The van der Waals surface area contributed by atoms with Gasteiger partial charge in [0.05, 0.1) is 6.04 Å². The molecular formula is C17H26N2O2. The number of likely N-dealkylation sites (N-methyl/N-ethyl adjacent to an activating group) is 1. The molecule has 0 aromatic heterocycles. The van der Waals surface area contributed by atoms with Gasteiger partial charge in [-0.25, -0.2) is 0 Å². The summed E-state index contributed by atoms with van der Waals surface area (Å²) in [5, 5.41) is 3.07. The number of nitrogens with zero attached hydrogens (tertiary/aromatic N) is 1. The van der Waals surface area contributed by atoms with Crippen LogP contribution in [0.2, 0.25) is 0 Å². The fourth-order valence-corrected chi connectivity index (χ4v) is 2.89. The molecule has 4 heteroatoms. The lowest BCUT2D eigenvalue weighted by Gasteiger charge is -2.30. The third-order valence-corrected chi connectivity index (χ3v) is 4.13. The molecule has 2 atom stereocenters. The van der Waals surface area contributed by atoms with Gasteiger partial charge in [0.1, 0.15) is 6.10 Å². The first-order valence-corrected chi connectivity index (χ1v) is 7.94.